The molecule has 0 aliphatic rings. The fraction of sp³-hybridized carbons (Fsp3) is 0.571. The van der Waals surface area contributed by atoms with E-state index in [4.69, 9.17) is 14.2 Å². The zero-order valence-electron chi connectivity index (χ0n) is 53.1. The molecule has 0 aromatic rings. The molecule has 0 amide bonds. The van der Waals surface area contributed by atoms with Gasteiger partial charge in [-0.2, -0.15) is 0 Å². The first kappa shape index (κ1) is 77.5. The molecular formula is C77H120O6. The van der Waals surface area contributed by atoms with Crippen molar-refractivity contribution in [3.8, 4) is 0 Å². The van der Waals surface area contributed by atoms with Gasteiger partial charge in [0.1, 0.15) is 13.2 Å². The summed E-state index contributed by atoms with van der Waals surface area (Å²) < 4.78 is 16.9. The highest BCUT2D eigenvalue weighted by Gasteiger charge is 2.19. The minimum absolute atomic E-state index is 0.113. The van der Waals surface area contributed by atoms with Gasteiger partial charge in [0.2, 0.25) is 0 Å². The number of carbonyl (C=O) groups is 3. The van der Waals surface area contributed by atoms with Crippen LogP contribution in [-0.4, -0.2) is 37.2 Å². The summed E-state index contributed by atoms with van der Waals surface area (Å²) in [6.07, 6.45) is 103. The Morgan fingerprint density at radius 2 is 0.446 bits per heavy atom. The quantitative estimate of drug-likeness (QED) is 0.0261. The van der Waals surface area contributed by atoms with Gasteiger partial charge in [-0.25, -0.2) is 0 Å². The van der Waals surface area contributed by atoms with Gasteiger partial charge in [-0.15, -0.1) is 0 Å². The molecule has 0 aliphatic heterocycles. The summed E-state index contributed by atoms with van der Waals surface area (Å²) in [6, 6.07) is 0. The number of carbonyl (C=O) groups excluding carboxylic acids is 3. The van der Waals surface area contributed by atoms with Crippen molar-refractivity contribution in [2.24, 2.45) is 0 Å². The molecule has 0 aromatic heterocycles. The Morgan fingerprint density at radius 1 is 0.241 bits per heavy atom. The molecule has 1 unspecified atom stereocenters. The molecule has 83 heavy (non-hydrogen) atoms. The topological polar surface area (TPSA) is 78.9 Å². The molecule has 0 spiro atoms. The highest BCUT2D eigenvalue weighted by Crippen LogP contribution is 2.15. The summed E-state index contributed by atoms with van der Waals surface area (Å²) in [5.74, 6) is -0.996. The number of esters is 3. The lowest BCUT2D eigenvalue weighted by Crippen LogP contribution is -2.30. The zero-order valence-corrected chi connectivity index (χ0v) is 53.1. The van der Waals surface area contributed by atoms with E-state index in [1.165, 1.54) is 57.8 Å². The van der Waals surface area contributed by atoms with Crippen molar-refractivity contribution >= 4 is 17.9 Å². The third-order valence-corrected chi connectivity index (χ3v) is 13.4. The van der Waals surface area contributed by atoms with Crippen molar-refractivity contribution in [2.45, 2.75) is 271 Å². The molecule has 0 saturated carbocycles. The van der Waals surface area contributed by atoms with Crippen molar-refractivity contribution < 1.29 is 28.6 Å². The summed E-state index contributed by atoms with van der Waals surface area (Å²) in [5, 5.41) is 0. The predicted octanol–water partition coefficient (Wildman–Crippen LogP) is 23.2. The molecule has 0 saturated heterocycles. The van der Waals surface area contributed by atoms with Crippen molar-refractivity contribution in [1.29, 1.82) is 0 Å². The van der Waals surface area contributed by atoms with E-state index >= 15 is 0 Å². The number of unbranched alkanes of at least 4 members (excludes halogenated alkanes) is 17. The number of hydrogen-bond donors (Lipinski definition) is 0. The highest BCUT2D eigenvalue weighted by molar-refractivity contribution is 5.71. The number of hydrogen-bond acceptors (Lipinski definition) is 6. The first-order chi connectivity index (χ1) is 41.0. The average Bonchev–Trinajstić information content (AvgIpc) is 3.49. The van der Waals surface area contributed by atoms with Gasteiger partial charge in [-0.3, -0.25) is 14.4 Å². The number of ether oxygens (including phenoxy) is 3. The molecule has 0 fully saturated rings. The molecule has 0 rings (SSSR count). The van der Waals surface area contributed by atoms with Crippen LogP contribution in [-0.2, 0) is 28.6 Å². The second-order valence-corrected chi connectivity index (χ2v) is 21.2. The number of allylic oxidation sites excluding steroid dienone is 30. The molecule has 0 N–H and O–H groups in total. The molecule has 1 atom stereocenters. The summed E-state index contributed by atoms with van der Waals surface area (Å²) in [4.78, 5) is 38.4. The molecular weight excluding hydrogens is 1020 g/mol. The Hall–Kier alpha value is -5.49. The van der Waals surface area contributed by atoms with E-state index in [1.54, 1.807) is 0 Å². The van der Waals surface area contributed by atoms with Crippen LogP contribution in [0.2, 0.25) is 0 Å². The third-order valence-electron chi connectivity index (χ3n) is 13.4. The molecule has 0 bridgehead atoms. The van der Waals surface area contributed by atoms with Crippen LogP contribution in [0, 0.1) is 0 Å². The molecule has 0 heterocycles. The first-order valence-corrected chi connectivity index (χ1v) is 33.3. The first-order valence-electron chi connectivity index (χ1n) is 33.3. The Labute approximate surface area is 510 Å². The van der Waals surface area contributed by atoms with Gasteiger partial charge in [-0.05, 0) is 148 Å². The number of rotatable bonds is 58. The molecule has 464 valence electrons. The van der Waals surface area contributed by atoms with Crippen LogP contribution in [0.1, 0.15) is 265 Å². The van der Waals surface area contributed by atoms with Crippen molar-refractivity contribution in [3.63, 3.8) is 0 Å². The van der Waals surface area contributed by atoms with E-state index in [1.807, 2.05) is 0 Å². The van der Waals surface area contributed by atoms with Crippen LogP contribution in [0.4, 0.5) is 0 Å². The summed E-state index contributed by atoms with van der Waals surface area (Å²) in [5.41, 5.74) is 0. The normalized spacial score (nSPS) is 13.3. The molecule has 0 aromatic carbocycles. The SMILES string of the molecule is CC/C=C\C/C=C\C/C=C\C/C=C\C/C=C\C/C=C\CCCCCCCCCCCCC(=O)OCC(COC(=O)CCC/C=C\C/C=C\C/C=C\C/C=C\C/C=C\CC)OC(=O)CCCCCCCC/C=C\C/C=C\C/C=C\C/C=C\CC. The molecule has 6 nitrogen and oxygen atoms in total. The van der Waals surface area contributed by atoms with Gasteiger partial charge >= 0.3 is 17.9 Å². The van der Waals surface area contributed by atoms with Gasteiger partial charge in [-0.1, -0.05) is 280 Å². The highest BCUT2D eigenvalue weighted by atomic mass is 16.6. The van der Waals surface area contributed by atoms with Crippen LogP contribution in [0.25, 0.3) is 0 Å². The Morgan fingerprint density at radius 3 is 0.723 bits per heavy atom. The second-order valence-electron chi connectivity index (χ2n) is 21.2. The maximum Gasteiger partial charge on any atom is 0.306 e. The summed E-state index contributed by atoms with van der Waals surface area (Å²) in [7, 11) is 0. The van der Waals surface area contributed by atoms with Crippen LogP contribution < -0.4 is 0 Å². The van der Waals surface area contributed by atoms with Crippen LogP contribution >= 0.6 is 0 Å². The van der Waals surface area contributed by atoms with E-state index < -0.39 is 6.10 Å². The Kier molecular flexibility index (Phi) is 64.4. The van der Waals surface area contributed by atoms with E-state index in [9.17, 15) is 14.4 Å². The minimum Gasteiger partial charge on any atom is -0.462 e. The standard InChI is InChI=1S/C77H120O6/c1-4-7-10-13-16-19-22-25-28-31-33-34-35-36-37-38-39-40-41-42-44-46-49-52-55-58-61-64-67-70-76(79)82-73-74(72-81-75(78)69-66-63-60-57-54-51-48-45-30-27-24-21-18-15-12-9-6-3)83-77(80)71-68-65-62-59-56-53-50-47-43-32-29-26-23-20-17-14-11-8-5-2/h7-12,16-21,25-30,33-34,36-37,39-40,43,47-48,51,57,60,74H,4-6,13-15,22-24,31-32,35,38,41-42,44-46,49-50,52-56,58-59,61-73H2,1-3H3/b10-7-,11-8-,12-9-,19-16-,20-17-,21-18-,28-25-,29-26-,30-27-,34-33-,37-36-,40-39-,47-43-,51-48-,60-57-. The fourth-order valence-corrected chi connectivity index (χ4v) is 8.53. The van der Waals surface area contributed by atoms with E-state index in [0.717, 1.165) is 161 Å². The summed E-state index contributed by atoms with van der Waals surface area (Å²) in [6.45, 7) is 6.23. The Bertz CT molecular complexity index is 1940. The van der Waals surface area contributed by atoms with Gasteiger partial charge in [0.15, 0.2) is 6.10 Å². The smallest absolute Gasteiger partial charge is 0.306 e. The average molecular weight is 1140 g/mol. The van der Waals surface area contributed by atoms with Gasteiger partial charge < -0.3 is 14.2 Å². The van der Waals surface area contributed by atoms with Crippen molar-refractivity contribution in [3.05, 3.63) is 182 Å². The van der Waals surface area contributed by atoms with E-state index in [0.29, 0.717) is 19.3 Å². The van der Waals surface area contributed by atoms with Crippen molar-refractivity contribution in [1.82, 2.24) is 0 Å². The maximum absolute atomic E-state index is 12.9. The monoisotopic (exact) mass is 1140 g/mol. The van der Waals surface area contributed by atoms with E-state index in [2.05, 4.69) is 203 Å². The largest absolute Gasteiger partial charge is 0.462 e. The van der Waals surface area contributed by atoms with Gasteiger partial charge in [0.05, 0.1) is 0 Å². The Balaban J connectivity index is 4.45. The van der Waals surface area contributed by atoms with Crippen molar-refractivity contribution in [2.75, 3.05) is 13.2 Å². The lowest BCUT2D eigenvalue weighted by molar-refractivity contribution is -0.167. The van der Waals surface area contributed by atoms with Crippen LogP contribution in [0.3, 0.4) is 0 Å². The van der Waals surface area contributed by atoms with Crippen LogP contribution in [0.5, 0.6) is 0 Å². The maximum atomic E-state index is 12.9. The molecule has 0 radical (unpaired) electrons. The van der Waals surface area contributed by atoms with Gasteiger partial charge in [0, 0.05) is 19.3 Å². The fourth-order valence-electron chi connectivity index (χ4n) is 8.53. The zero-order chi connectivity index (χ0) is 59.9. The minimum atomic E-state index is -0.823. The van der Waals surface area contributed by atoms with Gasteiger partial charge in [0.25, 0.3) is 0 Å². The lowest BCUT2D eigenvalue weighted by atomic mass is 10.1. The summed E-state index contributed by atoms with van der Waals surface area (Å²) >= 11 is 0. The third kappa shape index (κ3) is 67.2. The lowest BCUT2D eigenvalue weighted by Gasteiger charge is -2.18. The predicted molar refractivity (Wildman–Crippen MR) is 361 cm³/mol. The molecule has 6 heteroatoms. The van der Waals surface area contributed by atoms with Crippen LogP contribution in [0.15, 0.2) is 182 Å². The molecule has 0 aliphatic carbocycles. The van der Waals surface area contributed by atoms with E-state index in [-0.39, 0.29) is 37.5 Å². The second kappa shape index (κ2) is 69.0.